The van der Waals surface area contributed by atoms with Gasteiger partial charge < -0.3 is 10.1 Å². The molecule has 1 fully saturated rings. The molecule has 1 aliphatic rings. The highest BCUT2D eigenvalue weighted by atomic mass is 16.5. The van der Waals surface area contributed by atoms with Crippen molar-refractivity contribution in [3.63, 3.8) is 0 Å². The molecule has 0 radical (unpaired) electrons. The van der Waals surface area contributed by atoms with Crippen LogP contribution in [0.1, 0.15) is 24.0 Å². The van der Waals surface area contributed by atoms with Gasteiger partial charge in [0, 0.05) is 19.8 Å². The average Bonchev–Trinajstić information content (AvgIpc) is 3.28. The first-order chi connectivity index (χ1) is 13.3. The first kappa shape index (κ1) is 17.4. The van der Waals surface area contributed by atoms with Crippen LogP contribution >= 0.6 is 0 Å². The van der Waals surface area contributed by atoms with Crippen LogP contribution in [0, 0.1) is 0 Å². The Kier molecular flexibility index (Phi) is 4.98. The van der Waals surface area contributed by atoms with Crippen molar-refractivity contribution >= 4 is 5.91 Å². The predicted molar refractivity (Wildman–Crippen MR) is 101 cm³/mol. The molecular formula is C21H22N4O2. The van der Waals surface area contributed by atoms with Crippen molar-refractivity contribution in [1.82, 2.24) is 20.1 Å². The number of aromatic nitrogens is 3. The van der Waals surface area contributed by atoms with E-state index < -0.39 is 5.41 Å². The van der Waals surface area contributed by atoms with Gasteiger partial charge in [0.15, 0.2) is 0 Å². The second-order valence-corrected chi connectivity index (χ2v) is 6.75. The zero-order valence-electron chi connectivity index (χ0n) is 15.0. The molecule has 0 bridgehead atoms. The van der Waals surface area contributed by atoms with Crippen LogP contribution in [0.15, 0.2) is 67.3 Å². The highest BCUT2D eigenvalue weighted by molar-refractivity contribution is 5.88. The fraction of sp³-hybridized carbons (Fsp3) is 0.286. The van der Waals surface area contributed by atoms with Crippen LogP contribution in [-0.2, 0) is 21.5 Å². The van der Waals surface area contributed by atoms with E-state index in [1.807, 2.05) is 54.6 Å². The third kappa shape index (κ3) is 3.61. The van der Waals surface area contributed by atoms with Crippen LogP contribution in [0.3, 0.4) is 0 Å². The molecule has 1 amide bonds. The molecule has 6 nitrogen and oxygen atoms in total. The number of hydrogen-bond acceptors (Lipinski definition) is 4. The zero-order chi connectivity index (χ0) is 18.5. The zero-order valence-corrected chi connectivity index (χ0v) is 15.0. The number of amides is 1. The second kappa shape index (κ2) is 7.72. The molecule has 1 N–H and O–H groups in total. The Morgan fingerprint density at radius 2 is 1.81 bits per heavy atom. The Hall–Kier alpha value is -2.99. The molecule has 2 aromatic carbocycles. The van der Waals surface area contributed by atoms with Crippen molar-refractivity contribution < 1.29 is 9.53 Å². The smallest absolute Gasteiger partial charge is 0.231 e. The van der Waals surface area contributed by atoms with E-state index in [2.05, 4.69) is 15.4 Å². The molecule has 27 heavy (non-hydrogen) atoms. The predicted octanol–water partition coefficient (Wildman–Crippen LogP) is 2.63. The maximum absolute atomic E-state index is 13.2. The minimum Gasteiger partial charge on any atom is -0.381 e. The normalized spacial score (nSPS) is 16.0. The number of nitrogens with zero attached hydrogens (tertiary/aromatic N) is 3. The van der Waals surface area contributed by atoms with Crippen molar-refractivity contribution in [3.05, 3.63) is 78.4 Å². The van der Waals surface area contributed by atoms with Crippen LogP contribution in [-0.4, -0.2) is 33.9 Å². The standard InChI is InChI=1S/C21H22N4O2/c26-20(21(10-12-27-13-11-21)18-4-2-1-3-5-18)23-14-17-6-8-19(9-7-17)25-16-22-15-24-25/h1-9,15-16H,10-14H2,(H,23,26). The lowest BCUT2D eigenvalue weighted by Gasteiger charge is -2.36. The SMILES string of the molecule is O=C(NCc1ccc(-n2cncn2)cc1)C1(c2ccccc2)CCOCC1. The highest BCUT2D eigenvalue weighted by Crippen LogP contribution is 2.35. The summed E-state index contributed by atoms with van der Waals surface area (Å²) >= 11 is 0. The molecule has 0 unspecified atom stereocenters. The summed E-state index contributed by atoms with van der Waals surface area (Å²) < 4.78 is 7.22. The first-order valence-electron chi connectivity index (χ1n) is 9.13. The molecule has 6 heteroatoms. The lowest BCUT2D eigenvalue weighted by Crippen LogP contribution is -2.47. The lowest BCUT2D eigenvalue weighted by molar-refractivity contribution is -0.130. The van der Waals surface area contributed by atoms with Crippen LogP contribution in [0.25, 0.3) is 5.69 Å². The Bertz CT molecular complexity index is 870. The molecule has 3 aromatic rings. The van der Waals surface area contributed by atoms with E-state index in [9.17, 15) is 4.79 Å². The van der Waals surface area contributed by atoms with Gasteiger partial charge in [0.1, 0.15) is 12.7 Å². The first-order valence-corrected chi connectivity index (χ1v) is 9.13. The summed E-state index contributed by atoms with van der Waals surface area (Å²) in [5.74, 6) is 0.0670. The fourth-order valence-electron chi connectivity index (χ4n) is 3.58. The van der Waals surface area contributed by atoms with Crippen molar-refractivity contribution in [2.75, 3.05) is 13.2 Å². The minimum absolute atomic E-state index is 0.0670. The van der Waals surface area contributed by atoms with E-state index in [1.165, 1.54) is 6.33 Å². The van der Waals surface area contributed by atoms with Crippen molar-refractivity contribution in [2.45, 2.75) is 24.8 Å². The molecule has 2 heterocycles. The molecule has 0 saturated carbocycles. The third-order valence-corrected chi connectivity index (χ3v) is 5.18. The summed E-state index contributed by atoms with van der Waals surface area (Å²) in [6.45, 7) is 1.70. The van der Waals surface area contributed by atoms with E-state index in [4.69, 9.17) is 4.74 Å². The third-order valence-electron chi connectivity index (χ3n) is 5.18. The monoisotopic (exact) mass is 362 g/mol. The summed E-state index contributed by atoms with van der Waals surface area (Å²) in [5.41, 5.74) is 2.53. The summed E-state index contributed by atoms with van der Waals surface area (Å²) in [4.78, 5) is 17.1. The number of rotatable bonds is 5. The van der Waals surface area contributed by atoms with Crippen LogP contribution in [0.2, 0.25) is 0 Å². The topological polar surface area (TPSA) is 69.0 Å². The molecular weight excluding hydrogens is 340 g/mol. The Labute approximate surface area is 158 Å². The Morgan fingerprint density at radius 1 is 1.07 bits per heavy atom. The fourth-order valence-corrected chi connectivity index (χ4v) is 3.58. The Morgan fingerprint density at radius 3 is 2.48 bits per heavy atom. The second-order valence-electron chi connectivity index (χ2n) is 6.75. The summed E-state index contributed by atoms with van der Waals surface area (Å²) in [5, 5.41) is 7.25. The van der Waals surface area contributed by atoms with E-state index in [0.29, 0.717) is 32.6 Å². The van der Waals surface area contributed by atoms with Gasteiger partial charge in [-0.1, -0.05) is 42.5 Å². The van der Waals surface area contributed by atoms with Crippen LogP contribution in [0.5, 0.6) is 0 Å². The van der Waals surface area contributed by atoms with Gasteiger partial charge in [-0.05, 0) is 36.1 Å². The molecule has 0 spiro atoms. The molecule has 0 atom stereocenters. The number of ether oxygens (including phenoxy) is 1. The van der Waals surface area contributed by atoms with E-state index >= 15 is 0 Å². The quantitative estimate of drug-likeness (QED) is 0.758. The van der Waals surface area contributed by atoms with Gasteiger partial charge in [0.05, 0.1) is 11.1 Å². The number of hydrogen-bond donors (Lipinski definition) is 1. The molecule has 1 aliphatic heterocycles. The van der Waals surface area contributed by atoms with Crippen molar-refractivity contribution in [2.24, 2.45) is 0 Å². The molecule has 0 aliphatic carbocycles. The van der Waals surface area contributed by atoms with Gasteiger partial charge in [-0.15, -0.1) is 0 Å². The molecule has 4 rings (SSSR count). The van der Waals surface area contributed by atoms with Gasteiger partial charge in [0.25, 0.3) is 0 Å². The minimum atomic E-state index is -0.514. The van der Waals surface area contributed by atoms with Gasteiger partial charge >= 0.3 is 0 Å². The molecule has 1 aromatic heterocycles. The number of benzene rings is 2. The van der Waals surface area contributed by atoms with Crippen molar-refractivity contribution in [1.29, 1.82) is 0 Å². The van der Waals surface area contributed by atoms with Crippen LogP contribution < -0.4 is 5.32 Å². The van der Waals surface area contributed by atoms with Crippen molar-refractivity contribution in [3.8, 4) is 5.69 Å². The van der Waals surface area contributed by atoms with Gasteiger partial charge in [0.2, 0.25) is 5.91 Å². The maximum atomic E-state index is 13.2. The molecule has 1 saturated heterocycles. The summed E-state index contributed by atoms with van der Waals surface area (Å²) in [6, 6.07) is 18.0. The average molecular weight is 362 g/mol. The molecule has 138 valence electrons. The Balaban J connectivity index is 1.47. The van der Waals surface area contributed by atoms with E-state index in [0.717, 1.165) is 16.8 Å². The summed E-state index contributed by atoms with van der Waals surface area (Å²) in [7, 11) is 0. The summed E-state index contributed by atoms with van der Waals surface area (Å²) in [6.07, 6.45) is 4.57. The van der Waals surface area contributed by atoms with Gasteiger partial charge in [-0.3, -0.25) is 4.79 Å². The maximum Gasteiger partial charge on any atom is 0.231 e. The van der Waals surface area contributed by atoms with Gasteiger partial charge in [-0.2, -0.15) is 5.10 Å². The number of carbonyl (C=O) groups excluding carboxylic acids is 1. The highest BCUT2D eigenvalue weighted by Gasteiger charge is 2.41. The van der Waals surface area contributed by atoms with E-state index in [1.54, 1.807) is 11.0 Å². The largest absolute Gasteiger partial charge is 0.381 e. The number of carbonyl (C=O) groups is 1. The lowest BCUT2D eigenvalue weighted by atomic mass is 9.73. The van der Waals surface area contributed by atoms with Gasteiger partial charge in [-0.25, -0.2) is 9.67 Å². The van der Waals surface area contributed by atoms with Crippen LogP contribution in [0.4, 0.5) is 0 Å². The van der Waals surface area contributed by atoms with E-state index in [-0.39, 0.29) is 5.91 Å². The number of nitrogens with one attached hydrogen (secondary N) is 1.